The summed E-state index contributed by atoms with van der Waals surface area (Å²) in [6.07, 6.45) is 3.71. The first-order chi connectivity index (χ1) is 18.0. The van der Waals surface area contributed by atoms with Crippen LogP contribution < -0.4 is 11.0 Å². The van der Waals surface area contributed by atoms with Crippen LogP contribution in [0.5, 0.6) is 0 Å². The fourth-order valence-electron chi connectivity index (χ4n) is 5.21. The van der Waals surface area contributed by atoms with Gasteiger partial charge in [-0.25, -0.2) is 9.59 Å². The molecule has 38 heavy (non-hydrogen) atoms. The number of nitrogens with zero attached hydrogens (tertiary/aromatic N) is 4. The topological polar surface area (TPSA) is 106 Å². The van der Waals surface area contributed by atoms with E-state index in [-0.39, 0.29) is 30.5 Å². The summed E-state index contributed by atoms with van der Waals surface area (Å²) in [6, 6.07) is 5.22. The summed E-state index contributed by atoms with van der Waals surface area (Å²) in [6.45, 7) is 9.02. The Morgan fingerprint density at radius 1 is 1.24 bits per heavy atom. The number of carbonyl (C=O) groups is 3. The second kappa shape index (κ2) is 12.6. The standard InChI is InChI=1S/C28H43N5O5/c1-28(2,3)38-27(37)30(5)15-8-16-32-17-13-20(14-18-32)22-9-7-10-23-25(22)31(6)26(36)33(23)21(19-34)11-12-24(35)29-4/h7,9-10,19-21H,8,11-18H2,1-6H3,(H,29,35). The number of fused-ring (bicyclic) bond motifs is 1. The second-order valence-electron chi connectivity index (χ2n) is 11.2. The van der Waals surface area contributed by atoms with Gasteiger partial charge in [-0.3, -0.25) is 13.9 Å². The Bertz CT molecular complexity index is 1190. The first-order valence-electron chi connectivity index (χ1n) is 13.5. The molecule has 1 unspecified atom stereocenters. The summed E-state index contributed by atoms with van der Waals surface area (Å²) in [4.78, 5) is 53.1. The van der Waals surface area contributed by atoms with Gasteiger partial charge < -0.3 is 24.6 Å². The van der Waals surface area contributed by atoms with E-state index >= 15 is 0 Å². The van der Waals surface area contributed by atoms with Crippen LogP contribution in [0, 0.1) is 0 Å². The molecule has 0 saturated carbocycles. The molecule has 2 heterocycles. The first-order valence-corrected chi connectivity index (χ1v) is 13.5. The molecule has 2 aromatic rings. The van der Waals surface area contributed by atoms with Crippen LogP contribution in [0.15, 0.2) is 23.0 Å². The summed E-state index contributed by atoms with van der Waals surface area (Å²) >= 11 is 0. The van der Waals surface area contributed by atoms with Gasteiger partial charge >= 0.3 is 11.8 Å². The molecule has 3 rings (SSSR count). The van der Waals surface area contributed by atoms with Crippen molar-refractivity contribution in [2.45, 2.75) is 70.4 Å². The van der Waals surface area contributed by atoms with E-state index in [0.29, 0.717) is 12.5 Å². The van der Waals surface area contributed by atoms with Crippen molar-refractivity contribution < 1.29 is 19.1 Å². The van der Waals surface area contributed by atoms with Crippen LogP contribution in [0.4, 0.5) is 4.79 Å². The molecule has 1 atom stereocenters. The van der Waals surface area contributed by atoms with Gasteiger partial charge in [-0.15, -0.1) is 0 Å². The SMILES string of the molecule is CNC(=O)CCC(C=O)n1c(=O)n(C)c2c(C3CCN(CCCN(C)C(=O)OC(C)(C)C)CC3)cccc21. The summed E-state index contributed by atoms with van der Waals surface area (Å²) in [5.74, 6) is 0.149. The van der Waals surface area contributed by atoms with Crippen LogP contribution in [0.25, 0.3) is 11.0 Å². The molecule has 0 bridgehead atoms. The van der Waals surface area contributed by atoms with Gasteiger partial charge in [0, 0.05) is 34.1 Å². The van der Waals surface area contributed by atoms with Gasteiger partial charge in [0.2, 0.25) is 5.91 Å². The molecule has 1 saturated heterocycles. The molecule has 0 radical (unpaired) electrons. The maximum atomic E-state index is 13.2. The Balaban J connectivity index is 1.65. The normalized spacial score (nSPS) is 15.8. The molecular formula is C28H43N5O5. The van der Waals surface area contributed by atoms with E-state index in [0.717, 1.165) is 61.8 Å². The molecule has 1 aliphatic heterocycles. The van der Waals surface area contributed by atoms with E-state index in [2.05, 4.69) is 16.3 Å². The number of rotatable bonds is 10. The largest absolute Gasteiger partial charge is 0.444 e. The van der Waals surface area contributed by atoms with Crippen molar-refractivity contribution in [3.05, 3.63) is 34.2 Å². The van der Waals surface area contributed by atoms with Crippen LogP contribution in [0.3, 0.4) is 0 Å². The lowest BCUT2D eigenvalue weighted by atomic mass is 9.88. The quantitative estimate of drug-likeness (QED) is 0.474. The lowest BCUT2D eigenvalue weighted by molar-refractivity contribution is -0.121. The van der Waals surface area contributed by atoms with E-state index in [1.165, 1.54) is 4.57 Å². The molecule has 0 spiro atoms. The van der Waals surface area contributed by atoms with Gasteiger partial charge in [0.25, 0.3) is 0 Å². The number of amides is 2. The number of hydrogen-bond acceptors (Lipinski definition) is 6. The molecule has 1 aromatic carbocycles. The average molecular weight is 530 g/mol. The molecule has 1 fully saturated rings. The van der Waals surface area contributed by atoms with Crippen molar-refractivity contribution >= 4 is 29.3 Å². The van der Waals surface area contributed by atoms with Crippen LogP contribution in [0.2, 0.25) is 0 Å². The van der Waals surface area contributed by atoms with Gasteiger partial charge in [0.1, 0.15) is 11.9 Å². The van der Waals surface area contributed by atoms with E-state index in [1.807, 2.05) is 32.9 Å². The number of imidazole rings is 1. The molecule has 0 aliphatic carbocycles. The molecule has 1 N–H and O–H groups in total. The molecule has 1 aliphatic rings. The lowest BCUT2D eigenvalue weighted by Gasteiger charge is -2.33. The van der Waals surface area contributed by atoms with E-state index in [1.54, 1.807) is 30.6 Å². The highest BCUT2D eigenvalue weighted by molar-refractivity contribution is 5.82. The predicted molar refractivity (Wildman–Crippen MR) is 147 cm³/mol. The molecule has 210 valence electrons. The fourth-order valence-corrected chi connectivity index (χ4v) is 5.21. The highest BCUT2D eigenvalue weighted by Gasteiger charge is 2.27. The van der Waals surface area contributed by atoms with Gasteiger partial charge in [-0.2, -0.15) is 0 Å². The third kappa shape index (κ3) is 7.03. The third-order valence-corrected chi connectivity index (χ3v) is 7.27. The Kier molecular flexibility index (Phi) is 9.76. The number of aromatic nitrogens is 2. The van der Waals surface area contributed by atoms with Crippen LogP contribution in [-0.2, 0) is 21.4 Å². The van der Waals surface area contributed by atoms with Crippen molar-refractivity contribution in [3.63, 3.8) is 0 Å². The minimum absolute atomic E-state index is 0.158. The summed E-state index contributed by atoms with van der Waals surface area (Å²) in [5, 5.41) is 2.57. The Morgan fingerprint density at radius 2 is 1.92 bits per heavy atom. The number of nitrogens with one attached hydrogen (secondary N) is 1. The minimum Gasteiger partial charge on any atom is -0.444 e. The Labute approximate surface area is 224 Å². The van der Waals surface area contributed by atoms with Gasteiger partial charge in [0.15, 0.2) is 0 Å². The Morgan fingerprint density at radius 3 is 2.53 bits per heavy atom. The number of para-hydroxylation sites is 1. The van der Waals surface area contributed by atoms with E-state index < -0.39 is 11.6 Å². The smallest absolute Gasteiger partial charge is 0.410 e. The zero-order valence-corrected chi connectivity index (χ0v) is 23.7. The maximum absolute atomic E-state index is 13.2. The van der Waals surface area contributed by atoms with Gasteiger partial charge in [-0.05, 0) is 83.6 Å². The second-order valence-corrected chi connectivity index (χ2v) is 11.2. The highest BCUT2D eigenvalue weighted by Crippen LogP contribution is 2.33. The van der Waals surface area contributed by atoms with Crippen molar-refractivity contribution in [1.82, 2.24) is 24.3 Å². The van der Waals surface area contributed by atoms with Crippen molar-refractivity contribution in [3.8, 4) is 0 Å². The lowest BCUT2D eigenvalue weighted by Crippen LogP contribution is -2.37. The zero-order chi connectivity index (χ0) is 28.0. The molecular weight excluding hydrogens is 486 g/mol. The third-order valence-electron chi connectivity index (χ3n) is 7.27. The molecule has 10 nitrogen and oxygen atoms in total. The number of likely N-dealkylation sites (tertiary alicyclic amines) is 1. The average Bonchev–Trinajstić information content (AvgIpc) is 3.13. The van der Waals surface area contributed by atoms with E-state index in [9.17, 15) is 19.2 Å². The maximum Gasteiger partial charge on any atom is 0.410 e. The Hall–Kier alpha value is -3.14. The number of aryl methyl sites for hydroxylation is 1. The summed E-state index contributed by atoms with van der Waals surface area (Å²) in [5.41, 5.74) is 1.98. The molecule has 1 aromatic heterocycles. The molecule has 2 amide bonds. The minimum atomic E-state index is -0.695. The number of benzene rings is 1. The first kappa shape index (κ1) is 29.4. The fraction of sp³-hybridized carbons (Fsp3) is 0.643. The van der Waals surface area contributed by atoms with Crippen molar-refractivity contribution in [2.24, 2.45) is 7.05 Å². The number of piperidine rings is 1. The predicted octanol–water partition coefficient (Wildman–Crippen LogP) is 3.04. The van der Waals surface area contributed by atoms with Gasteiger partial charge in [-0.1, -0.05) is 12.1 Å². The van der Waals surface area contributed by atoms with Crippen molar-refractivity contribution in [1.29, 1.82) is 0 Å². The number of carbonyl (C=O) groups excluding carboxylic acids is 3. The number of ether oxygens (including phenoxy) is 1. The van der Waals surface area contributed by atoms with Gasteiger partial charge in [0.05, 0.1) is 17.1 Å². The summed E-state index contributed by atoms with van der Waals surface area (Å²) in [7, 11) is 5.08. The summed E-state index contributed by atoms with van der Waals surface area (Å²) < 4.78 is 8.59. The highest BCUT2D eigenvalue weighted by atomic mass is 16.6. The molecule has 10 heteroatoms. The number of aldehydes is 1. The van der Waals surface area contributed by atoms with Crippen LogP contribution in [0.1, 0.15) is 70.4 Å². The number of hydrogen-bond donors (Lipinski definition) is 1. The van der Waals surface area contributed by atoms with Crippen LogP contribution >= 0.6 is 0 Å². The van der Waals surface area contributed by atoms with Crippen molar-refractivity contribution in [2.75, 3.05) is 40.3 Å². The zero-order valence-electron chi connectivity index (χ0n) is 23.7. The van der Waals surface area contributed by atoms with Crippen LogP contribution in [-0.4, -0.2) is 83.1 Å². The van der Waals surface area contributed by atoms with E-state index in [4.69, 9.17) is 4.74 Å². The monoisotopic (exact) mass is 529 g/mol.